The molecule has 0 aromatic heterocycles. The van der Waals surface area contributed by atoms with Crippen LogP contribution in [-0.4, -0.2) is 515 Å². The molecule has 0 aromatic rings. The topological polar surface area (TPSA) is 840 Å². The Hall–Kier alpha value is -6.47. The van der Waals surface area contributed by atoms with Gasteiger partial charge in [-0.3, -0.25) is 62.5 Å². The largest absolute Gasteiger partial charge is 0.394 e. The van der Waals surface area contributed by atoms with Gasteiger partial charge in [-0.25, -0.2) is 0 Å². The molecule has 6 heterocycles. The minimum atomic E-state index is -1.72. The third kappa shape index (κ3) is 44.4. The lowest BCUT2D eigenvalue weighted by Crippen LogP contribution is -2.59. The average molecular weight is 2100 g/mol. The maximum Gasteiger partial charge on any atom is 0.237 e. The zero-order valence-corrected chi connectivity index (χ0v) is 83.0. The fourth-order valence-corrected chi connectivity index (χ4v) is 16.4. The summed E-state index contributed by atoms with van der Waals surface area (Å²) in [4.78, 5) is 146. The summed E-state index contributed by atoms with van der Waals surface area (Å²) in [5.41, 5.74) is 5.54. The molecule has 6 fully saturated rings. The fourth-order valence-electron chi connectivity index (χ4n) is 16.4. The van der Waals surface area contributed by atoms with Gasteiger partial charge in [-0.1, -0.05) is 32.6 Å². The maximum atomic E-state index is 14.1. The number of carbonyl (C=O) groups is 11. The van der Waals surface area contributed by atoms with Crippen LogP contribution in [0.3, 0.4) is 0 Å². The number of nitrogens with zero attached hydrogens (tertiary/aromatic N) is 2. The van der Waals surface area contributed by atoms with Crippen molar-refractivity contribution in [2.75, 3.05) is 131 Å². The summed E-state index contributed by atoms with van der Waals surface area (Å²) >= 11 is 0. The summed E-state index contributed by atoms with van der Waals surface area (Å²) < 4.78 is 65.3. The molecule has 0 aromatic carbocycles. The van der Waals surface area contributed by atoms with Crippen LogP contribution < -0.4 is 43.0 Å². The standard InChI is InChI=1S/C48H86N6O21.C43H76N4O23/c1-26(55)31(14-10-11-17-49)53-33(57)16-9-8-13-30(56)12-6-5-7-15-32(45(69)52-20-23-72-48-44(68)41(65)38(62)29(4)75-48)54(24-34(58)50-18-21-70-46-42(66)39(63)36(60)27(2)73-46)25-35(59)51-19-22-71-47-43(67)40(64)37(61)28(3)74-47;1-2-23(51)8-6-7-10-24(52)9-4-3-5-11-25(40(64)46-14-17-67-43-39(63)36(60)33(57)28(22-50)70-43)47(18-29(53)44-12-15-65-41-37(61)34(58)31(55)26(20-48)68-41)19-30(54)45-13-16-66-42-38(62)35(59)32(56)27(21-49)69-42/h27-29,31-32,36-44,46-48,60-68H,5-25,49H2,1-4H3,(H,50,58)(H,51,59)(H,52,69)(H,53,57);25-28,31-39,41-43,48-50,55-63H,2-22H2,1H3,(H,44,53)(H,45,54)(H,46,64)/t27-,28-,29-,31-,32-,36+,37+,38+,39+,40+,41+,42-,43-,44-,46+,47+,48+;25-,26+,27+,28+,31+,32+,33+,34-,35-,36-,37-,38-,39-,41-,42-,43-/m00/s1. The first-order valence-corrected chi connectivity index (χ1v) is 49.8. The van der Waals surface area contributed by atoms with Gasteiger partial charge in [0, 0.05) is 84.2 Å². The highest BCUT2D eigenvalue weighted by Gasteiger charge is 2.50. The third-order valence-electron chi connectivity index (χ3n) is 25.3. The Morgan fingerprint density at radius 2 is 0.545 bits per heavy atom. The first kappa shape index (κ1) is 129. The fraction of sp³-hybridized carbons (Fsp3) is 0.879. The highest BCUT2D eigenvalue weighted by atomic mass is 16.7. The number of hydrogen-bond donors (Lipinski definition) is 29. The number of hydrogen-bond acceptors (Lipinski definition) is 47. The zero-order chi connectivity index (χ0) is 108. The zero-order valence-electron chi connectivity index (χ0n) is 83.0. The maximum absolute atomic E-state index is 14.1. The second-order valence-corrected chi connectivity index (χ2v) is 36.8. The van der Waals surface area contributed by atoms with Crippen LogP contribution in [0.5, 0.6) is 0 Å². The minimum Gasteiger partial charge on any atom is -0.394 e. The molecule has 6 aliphatic rings. The summed E-state index contributed by atoms with van der Waals surface area (Å²) in [6, 6.07) is -2.94. The lowest BCUT2D eigenvalue weighted by Gasteiger charge is -2.39. The van der Waals surface area contributed by atoms with E-state index in [1.54, 1.807) is 6.92 Å². The van der Waals surface area contributed by atoms with E-state index in [2.05, 4.69) is 37.2 Å². The monoisotopic (exact) mass is 2100 g/mol. The predicted octanol–water partition coefficient (Wildman–Crippen LogP) is -12.7. The molecular weight excluding hydrogens is 1940 g/mol. The molecule has 30 N–H and O–H groups in total. The third-order valence-corrected chi connectivity index (χ3v) is 25.3. The highest BCUT2D eigenvalue weighted by Crippen LogP contribution is 2.29. The molecule has 6 rings (SSSR count). The molecule has 0 radical (unpaired) electrons. The molecule has 54 heteroatoms. The van der Waals surface area contributed by atoms with E-state index in [-0.39, 0.29) is 146 Å². The Morgan fingerprint density at radius 3 is 0.814 bits per heavy atom. The van der Waals surface area contributed by atoms with Gasteiger partial charge in [0.1, 0.15) is 146 Å². The predicted molar refractivity (Wildman–Crippen MR) is 497 cm³/mol. The van der Waals surface area contributed by atoms with Crippen LogP contribution in [0.15, 0.2) is 0 Å². The average Bonchev–Trinajstić information content (AvgIpc) is 0.876. The molecule has 145 heavy (non-hydrogen) atoms. The van der Waals surface area contributed by atoms with Crippen molar-refractivity contribution in [2.24, 2.45) is 5.73 Å². The smallest absolute Gasteiger partial charge is 0.237 e. The molecule has 7 amide bonds. The van der Waals surface area contributed by atoms with Crippen molar-refractivity contribution >= 4 is 64.5 Å². The lowest BCUT2D eigenvalue weighted by molar-refractivity contribution is -0.300. The SMILES string of the molecule is CC(=O)[C@H](CCCCN)NC(=O)CCCCC(=O)CCCCC[C@@H](C(=O)NCCO[C@@H]1O[C@@H](C)[C@@H](O)[C@@H](O)[C@@H]1O)N(CC(=O)NCCO[C@@H]1O[C@@H](C)[C@@H](O)[C@@H](O)[C@@H]1O)CC(=O)NCCO[C@@H]1O[C@@H](C)[C@@H](O)[C@@H](O)[C@@H]1O.CCC(=O)CCCCC(=O)CCCCC[C@@H](C(=O)NCCO[C@H]1O[C@H](CO)[C@@H](O)[C@H](O)[C@@H]1O)N(CC(=O)NCCO[C@H]1O[C@H](CO)[C@@H](O)[C@H](O)[C@@H]1O)CC(=O)NCCO[C@H]1O[C@H](CO)[C@@H](O)[C@H](O)[C@@H]1O. The molecule has 6 saturated heterocycles. The Bertz CT molecular complexity index is 3660. The van der Waals surface area contributed by atoms with Gasteiger partial charge in [-0.2, -0.15) is 0 Å². The molecule has 0 saturated carbocycles. The van der Waals surface area contributed by atoms with Crippen LogP contribution in [0, 0.1) is 0 Å². The molecule has 0 aliphatic carbocycles. The van der Waals surface area contributed by atoms with Gasteiger partial charge in [-0.15, -0.1) is 0 Å². The van der Waals surface area contributed by atoms with Gasteiger partial charge in [-0.05, 0) is 105 Å². The molecule has 0 spiro atoms. The number of rotatable bonds is 68. The van der Waals surface area contributed by atoms with Gasteiger partial charge < -0.3 is 207 Å². The van der Waals surface area contributed by atoms with Gasteiger partial charge in [0.15, 0.2) is 43.5 Å². The van der Waals surface area contributed by atoms with E-state index in [0.29, 0.717) is 103 Å². The van der Waals surface area contributed by atoms with Crippen LogP contribution in [0.1, 0.15) is 176 Å². The van der Waals surface area contributed by atoms with Crippen LogP contribution in [-0.2, 0) is 110 Å². The van der Waals surface area contributed by atoms with Gasteiger partial charge in [0.2, 0.25) is 41.4 Å². The number of ketones is 4. The molecule has 33 atom stereocenters. The summed E-state index contributed by atoms with van der Waals surface area (Å²) in [5.74, 6) is -4.38. The van der Waals surface area contributed by atoms with Crippen molar-refractivity contribution in [1.29, 1.82) is 0 Å². The quantitative estimate of drug-likeness (QED) is 0.0251. The second kappa shape index (κ2) is 69.2. The Morgan fingerprint density at radius 1 is 0.297 bits per heavy atom. The number of amides is 7. The molecular formula is C91H162N10O44. The molecule has 0 bridgehead atoms. The van der Waals surface area contributed by atoms with E-state index in [1.807, 2.05) is 0 Å². The van der Waals surface area contributed by atoms with Gasteiger partial charge >= 0.3 is 0 Å². The van der Waals surface area contributed by atoms with Crippen molar-refractivity contribution in [2.45, 2.75) is 378 Å². The Balaban J connectivity index is 0.000000512. The van der Waals surface area contributed by atoms with E-state index in [0.717, 1.165) is 6.42 Å². The first-order valence-electron chi connectivity index (χ1n) is 49.8. The molecule has 0 unspecified atom stereocenters. The number of unbranched alkanes of at least 4 members (excludes halogenated alkanes) is 7. The second-order valence-electron chi connectivity index (χ2n) is 36.8. The van der Waals surface area contributed by atoms with Crippen LogP contribution >= 0.6 is 0 Å². The lowest BCUT2D eigenvalue weighted by atomic mass is 9.99. The number of aliphatic hydroxyl groups is 21. The summed E-state index contributed by atoms with van der Waals surface area (Å²) in [6.45, 7) is 1.05. The van der Waals surface area contributed by atoms with Crippen LogP contribution in [0.4, 0.5) is 0 Å². The van der Waals surface area contributed by atoms with Crippen molar-refractivity contribution in [3.8, 4) is 0 Å². The highest BCUT2D eigenvalue weighted by molar-refractivity contribution is 5.89. The van der Waals surface area contributed by atoms with E-state index in [4.69, 9.17) is 62.6 Å². The summed E-state index contributed by atoms with van der Waals surface area (Å²) in [6.07, 6.45) is -34.8. The van der Waals surface area contributed by atoms with E-state index < -0.39 is 284 Å². The number of nitrogens with one attached hydrogen (secondary N) is 7. The van der Waals surface area contributed by atoms with Gasteiger partial charge in [0.25, 0.3) is 0 Å². The van der Waals surface area contributed by atoms with Crippen molar-refractivity contribution in [1.82, 2.24) is 47.0 Å². The van der Waals surface area contributed by atoms with E-state index in [9.17, 15) is 160 Å². The van der Waals surface area contributed by atoms with Gasteiger partial charge in [0.05, 0.1) is 122 Å². The Kier molecular flexibility index (Phi) is 61.5. The van der Waals surface area contributed by atoms with Crippen LogP contribution in [0.2, 0.25) is 0 Å². The number of carbonyl (C=O) groups excluding carboxylic acids is 11. The molecule has 840 valence electrons. The number of Topliss-reactive ketones (excluding diaryl/α,β-unsaturated/α-hetero) is 4. The van der Waals surface area contributed by atoms with Crippen molar-refractivity contribution in [3.63, 3.8) is 0 Å². The number of ether oxygens (including phenoxy) is 12. The minimum absolute atomic E-state index is 0.0126. The first-order chi connectivity index (χ1) is 68.9. The van der Waals surface area contributed by atoms with Crippen molar-refractivity contribution < 1.29 is 217 Å². The number of nitrogens with two attached hydrogens (primary N) is 1. The molecule has 54 nitrogen and oxygen atoms in total. The van der Waals surface area contributed by atoms with E-state index in [1.165, 1.54) is 37.5 Å². The molecule has 6 aliphatic heterocycles. The Labute approximate surface area is 840 Å². The number of aliphatic hydroxyl groups excluding tert-OH is 21. The normalized spacial score (nSPS) is 31.3. The van der Waals surface area contributed by atoms with Crippen molar-refractivity contribution in [3.05, 3.63) is 0 Å². The van der Waals surface area contributed by atoms with E-state index >= 15 is 0 Å². The van der Waals surface area contributed by atoms with Crippen LogP contribution in [0.25, 0.3) is 0 Å². The summed E-state index contributed by atoms with van der Waals surface area (Å²) in [7, 11) is 0. The summed E-state index contributed by atoms with van der Waals surface area (Å²) in [5, 5.41) is 230.